The maximum Gasteiger partial charge on any atom is 0.258 e. The Morgan fingerprint density at radius 1 is 1.14 bits per heavy atom. The van der Waals surface area contributed by atoms with Crippen molar-refractivity contribution in [3.8, 4) is 0 Å². The lowest BCUT2D eigenvalue weighted by Crippen LogP contribution is -2.36. The Hall–Kier alpha value is -2.22. The molecule has 28 heavy (non-hydrogen) atoms. The molecule has 2 aromatic rings. The fourth-order valence-corrected chi connectivity index (χ4v) is 4.90. The molecule has 0 bridgehead atoms. The highest BCUT2D eigenvalue weighted by atomic mass is 32.2. The van der Waals surface area contributed by atoms with Gasteiger partial charge in [-0.3, -0.25) is 4.79 Å². The first kappa shape index (κ1) is 19.1. The van der Waals surface area contributed by atoms with E-state index in [1.54, 1.807) is 35.2 Å². The Bertz CT molecular complexity index is 954. The predicted octanol–water partition coefficient (Wildman–Crippen LogP) is 2.74. The number of anilines is 1. The Morgan fingerprint density at radius 2 is 1.96 bits per heavy atom. The summed E-state index contributed by atoms with van der Waals surface area (Å²) in [5.74, 6) is -0.0614. The number of amides is 1. The standard InChI is InChI=1S/C21H24N2O4S/c24-21(16-6-2-1-3-7-16)23-12-4-8-17-14-19(10-11-20(17)23)28(25,26)22-15-18-9-5-13-27-18/h1-3,6-7,10-11,14,18,22H,4-5,8-9,12-13,15H2. The van der Waals surface area contributed by atoms with Crippen molar-refractivity contribution >= 4 is 21.6 Å². The van der Waals surface area contributed by atoms with Crippen LogP contribution >= 0.6 is 0 Å². The minimum Gasteiger partial charge on any atom is -0.377 e. The smallest absolute Gasteiger partial charge is 0.258 e. The van der Waals surface area contributed by atoms with Crippen molar-refractivity contribution in [3.05, 3.63) is 59.7 Å². The first-order chi connectivity index (χ1) is 13.5. The quantitative estimate of drug-likeness (QED) is 0.837. The van der Waals surface area contributed by atoms with Gasteiger partial charge >= 0.3 is 0 Å². The zero-order valence-corrected chi connectivity index (χ0v) is 16.5. The van der Waals surface area contributed by atoms with Crippen molar-refractivity contribution in [2.75, 3.05) is 24.6 Å². The van der Waals surface area contributed by atoms with Gasteiger partial charge in [-0.05, 0) is 61.6 Å². The molecule has 1 unspecified atom stereocenters. The van der Waals surface area contributed by atoms with Crippen molar-refractivity contribution in [2.24, 2.45) is 0 Å². The van der Waals surface area contributed by atoms with E-state index in [0.717, 1.165) is 36.9 Å². The van der Waals surface area contributed by atoms with E-state index < -0.39 is 10.0 Å². The van der Waals surface area contributed by atoms with Gasteiger partial charge in [0.25, 0.3) is 5.91 Å². The van der Waals surface area contributed by atoms with Gasteiger partial charge in [0.1, 0.15) is 0 Å². The molecule has 0 spiro atoms. The van der Waals surface area contributed by atoms with Gasteiger partial charge < -0.3 is 9.64 Å². The molecule has 0 aromatic heterocycles. The van der Waals surface area contributed by atoms with Crippen molar-refractivity contribution in [1.29, 1.82) is 0 Å². The average molecular weight is 401 g/mol. The van der Waals surface area contributed by atoms with Crippen LogP contribution in [0.25, 0.3) is 0 Å². The van der Waals surface area contributed by atoms with Crippen LogP contribution in [-0.4, -0.2) is 40.1 Å². The maximum atomic E-state index is 12.9. The van der Waals surface area contributed by atoms with Gasteiger partial charge in [0.2, 0.25) is 10.0 Å². The average Bonchev–Trinajstić information content (AvgIpc) is 3.25. The molecule has 1 N–H and O–H groups in total. The normalized spacial score (nSPS) is 19.4. The van der Waals surface area contributed by atoms with E-state index in [1.807, 2.05) is 18.2 Å². The van der Waals surface area contributed by atoms with Gasteiger partial charge in [-0.15, -0.1) is 0 Å². The van der Waals surface area contributed by atoms with Gasteiger partial charge in [-0.25, -0.2) is 13.1 Å². The van der Waals surface area contributed by atoms with E-state index in [0.29, 0.717) is 18.7 Å². The zero-order valence-electron chi connectivity index (χ0n) is 15.6. The van der Waals surface area contributed by atoms with Gasteiger partial charge in [-0.1, -0.05) is 18.2 Å². The number of sulfonamides is 1. The Morgan fingerprint density at radius 3 is 2.71 bits per heavy atom. The first-order valence-electron chi connectivity index (χ1n) is 9.66. The molecule has 1 saturated heterocycles. The highest BCUT2D eigenvalue weighted by molar-refractivity contribution is 7.89. The molecular formula is C21H24N2O4S. The van der Waals surface area contributed by atoms with E-state index >= 15 is 0 Å². The number of nitrogens with zero attached hydrogens (tertiary/aromatic N) is 1. The van der Waals surface area contributed by atoms with E-state index in [1.165, 1.54) is 0 Å². The Balaban J connectivity index is 1.55. The molecule has 7 heteroatoms. The molecule has 1 fully saturated rings. The zero-order chi connectivity index (χ0) is 19.6. The number of carbonyl (C=O) groups excluding carboxylic acids is 1. The lowest BCUT2D eigenvalue weighted by atomic mass is 10.0. The van der Waals surface area contributed by atoms with Gasteiger partial charge in [-0.2, -0.15) is 0 Å². The third kappa shape index (κ3) is 3.97. The monoisotopic (exact) mass is 400 g/mol. The van der Waals surface area contributed by atoms with Crippen LogP contribution in [0.1, 0.15) is 35.2 Å². The summed E-state index contributed by atoms with van der Waals surface area (Å²) in [6, 6.07) is 14.2. The van der Waals surface area contributed by atoms with Crippen LogP contribution in [0.4, 0.5) is 5.69 Å². The van der Waals surface area contributed by atoms with Gasteiger partial charge in [0, 0.05) is 30.9 Å². The SMILES string of the molecule is O=C(c1ccccc1)N1CCCc2cc(S(=O)(=O)NCC3CCCO3)ccc21. The highest BCUT2D eigenvalue weighted by Gasteiger charge is 2.26. The molecule has 4 rings (SSSR count). The van der Waals surface area contributed by atoms with Crippen molar-refractivity contribution in [2.45, 2.75) is 36.7 Å². The van der Waals surface area contributed by atoms with E-state index in [9.17, 15) is 13.2 Å². The number of carbonyl (C=O) groups is 1. The van der Waals surface area contributed by atoms with Crippen LogP contribution in [0, 0.1) is 0 Å². The number of aryl methyl sites for hydroxylation is 1. The van der Waals surface area contributed by atoms with Crippen LogP contribution in [-0.2, 0) is 21.2 Å². The lowest BCUT2D eigenvalue weighted by Gasteiger charge is -2.30. The van der Waals surface area contributed by atoms with E-state index in [-0.39, 0.29) is 23.5 Å². The van der Waals surface area contributed by atoms with Crippen LogP contribution < -0.4 is 9.62 Å². The molecule has 148 valence electrons. The summed E-state index contributed by atoms with van der Waals surface area (Å²) in [6.07, 6.45) is 3.35. The maximum absolute atomic E-state index is 12.9. The summed E-state index contributed by atoms with van der Waals surface area (Å²) in [5.41, 5.74) is 2.30. The molecule has 0 saturated carbocycles. The number of fused-ring (bicyclic) bond motifs is 1. The highest BCUT2D eigenvalue weighted by Crippen LogP contribution is 2.30. The number of rotatable bonds is 5. The molecule has 2 heterocycles. The second kappa shape index (κ2) is 8.03. The molecule has 0 radical (unpaired) electrons. The van der Waals surface area contributed by atoms with Gasteiger partial charge in [0.05, 0.1) is 11.0 Å². The minimum atomic E-state index is -3.60. The number of benzene rings is 2. The number of hydrogen-bond acceptors (Lipinski definition) is 4. The Kier molecular flexibility index (Phi) is 5.48. The summed E-state index contributed by atoms with van der Waals surface area (Å²) < 4.78 is 33.5. The number of ether oxygens (including phenoxy) is 1. The molecule has 2 aliphatic rings. The van der Waals surface area contributed by atoms with Crippen molar-refractivity contribution < 1.29 is 17.9 Å². The number of nitrogens with one attached hydrogen (secondary N) is 1. The molecule has 6 nitrogen and oxygen atoms in total. The van der Waals surface area contributed by atoms with Crippen LogP contribution in [0.3, 0.4) is 0 Å². The van der Waals surface area contributed by atoms with E-state index in [4.69, 9.17) is 4.74 Å². The van der Waals surface area contributed by atoms with Gasteiger partial charge in [0.15, 0.2) is 0 Å². The summed E-state index contributed by atoms with van der Waals surface area (Å²) in [5, 5.41) is 0. The lowest BCUT2D eigenvalue weighted by molar-refractivity contribution is 0.0985. The molecule has 2 aliphatic heterocycles. The molecular weight excluding hydrogens is 376 g/mol. The topological polar surface area (TPSA) is 75.7 Å². The summed E-state index contributed by atoms with van der Waals surface area (Å²) >= 11 is 0. The predicted molar refractivity (Wildman–Crippen MR) is 107 cm³/mol. The van der Waals surface area contributed by atoms with Crippen molar-refractivity contribution in [1.82, 2.24) is 4.72 Å². The first-order valence-corrected chi connectivity index (χ1v) is 11.1. The molecule has 1 amide bonds. The number of hydrogen-bond donors (Lipinski definition) is 1. The summed E-state index contributed by atoms with van der Waals surface area (Å²) in [7, 11) is -3.60. The molecule has 2 aromatic carbocycles. The third-order valence-corrected chi connectivity index (χ3v) is 6.69. The second-order valence-electron chi connectivity index (χ2n) is 7.20. The summed E-state index contributed by atoms with van der Waals surface area (Å²) in [6.45, 7) is 1.61. The molecule has 1 atom stereocenters. The Labute approximate surface area is 165 Å². The minimum absolute atomic E-state index is 0.0496. The largest absolute Gasteiger partial charge is 0.377 e. The second-order valence-corrected chi connectivity index (χ2v) is 8.97. The van der Waals surface area contributed by atoms with Crippen LogP contribution in [0.2, 0.25) is 0 Å². The van der Waals surface area contributed by atoms with Crippen LogP contribution in [0.5, 0.6) is 0 Å². The van der Waals surface area contributed by atoms with Crippen molar-refractivity contribution in [3.63, 3.8) is 0 Å². The fraction of sp³-hybridized carbons (Fsp3) is 0.381. The molecule has 0 aliphatic carbocycles. The fourth-order valence-electron chi connectivity index (χ4n) is 3.78. The van der Waals surface area contributed by atoms with E-state index in [2.05, 4.69) is 4.72 Å². The third-order valence-electron chi connectivity index (χ3n) is 5.27. The van der Waals surface area contributed by atoms with Crippen LogP contribution in [0.15, 0.2) is 53.4 Å². The summed E-state index contributed by atoms with van der Waals surface area (Å²) in [4.78, 5) is 14.9.